The van der Waals surface area contributed by atoms with Gasteiger partial charge in [-0.3, -0.25) is 4.79 Å². The Kier molecular flexibility index (Phi) is 4.64. The van der Waals surface area contributed by atoms with E-state index in [0.29, 0.717) is 11.6 Å². The minimum absolute atomic E-state index is 0.0314. The Hall–Kier alpha value is -2.05. The van der Waals surface area contributed by atoms with Gasteiger partial charge in [-0.05, 0) is 65.7 Å². The molecule has 0 radical (unpaired) electrons. The summed E-state index contributed by atoms with van der Waals surface area (Å²) in [4.78, 5) is 27.2. The van der Waals surface area contributed by atoms with E-state index in [4.69, 9.17) is 9.26 Å². The van der Waals surface area contributed by atoms with Crippen LogP contribution in [0.5, 0.6) is 0 Å². The van der Waals surface area contributed by atoms with E-state index >= 15 is 0 Å². The van der Waals surface area contributed by atoms with E-state index in [-0.39, 0.29) is 30.1 Å². The summed E-state index contributed by atoms with van der Waals surface area (Å²) in [7, 11) is 0. The number of amides is 2. The fraction of sp³-hybridized carbons (Fsp3) is 0.750. The first-order valence-corrected chi connectivity index (χ1v) is 10.1. The van der Waals surface area contributed by atoms with Gasteiger partial charge in [-0.15, -0.1) is 0 Å². The first-order valence-electron chi connectivity index (χ1n) is 10.1. The lowest BCUT2D eigenvalue weighted by atomic mass is 9.81. The first kappa shape index (κ1) is 18.3. The maximum Gasteiger partial charge on any atom is 0.407 e. The number of hydrogen-bond donors (Lipinski definition) is 1. The van der Waals surface area contributed by atoms with Gasteiger partial charge in [0.25, 0.3) is 5.91 Å². The van der Waals surface area contributed by atoms with E-state index in [0.717, 1.165) is 50.7 Å². The summed E-state index contributed by atoms with van der Waals surface area (Å²) in [6, 6.07) is 2.12. The Balaban J connectivity index is 1.42. The van der Waals surface area contributed by atoms with Crippen LogP contribution in [0.25, 0.3) is 0 Å². The topological polar surface area (TPSA) is 84.7 Å². The van der Waals surface area contributed by atoms with Gasteiger partial charge in [-0.25, -0.2) is 4.79 Å². The van der Waals surface area contributed by atoms with Gasteiger partial charge in [0.1, 0.15) is 11.4 Å². The number of piperidine rings is 2. The summed E-state index contributed by atoms with van der Waals surface area (Å²) in [5.74, 6) is 1.25. The quantitative estimate of drug-likeness (QED) is 0.872. The van der Waals surface area contributed by atoms with Crippen LogP contribution in [0, 0.1) is 0 Å². The van der Waals surface area contributed by atoms with Gasteiger partial charge in [-0.2, -0.15) is 0 Å². The minimum Gasteiger partial charge on any atom is -0.444 e. The highest BCUT2D eigenvalue weighted by Crippen LogP contribution is 2.41. The molecule has 148 valence electrons. The monoisotopic (exact) mass is 375 g/mol. The zero-order valence-electron chi connectivity index (χ0n) is 16.4. The molecule has 2 amide bonds. The van der Waals surface area contributed by atoms with E-state index in [1.807, 2.05) is 31.7 Å². The van der Waals surface area contributed by atoms with Crippen molar-refractivity contribution in [2.24, 2.45) is 0 Å². The normalized spacial score (nSPS) is 28.0. The van der Waals surface area contributed by atoms with Gasteiger partial charge in [0, 0.05) is 30.1 Å². The maximum atomic E-state index is 13.1. The highest BCUT2D eigenvalue weighted by atomic mass is 16.6. The molecule has 3 atom stereocenters. The van der Waals surface area contributed by atoms with Crippen LogP contribution in [0.3, 0.4) is 0 Å². The van der Waals surface area contributed by atoms with Crippen LogP contribution in [0.2, 0.25) is 0 Å². The van der Waals surface area contributed by atoms with Crippen LogP contribution < -0.4 is 5.32 Å². The van der Waals surface area contributed by atoms with E-state index in [1.165, 1.54) is 0 Å². The number of alkyl carbamates (subject to hydrolysis) is 1. The standard InChI is InChI=1S/C20H29N3O4/c1-20(2,3)26-19(25)21-13-9-14-5-4-6-15(10-13)23(14)18(24)16-11-17(27-22-16)12-7-8-12/h11-15H,4-10H2,1-3H3,(H,21,25)/t13?,14-,15+. The van der Waals surface area contributed by atoms with E-state index in [2.05, 4.69) is 10.5 Å². The van der Waals surface area contributed by atoms with Gasteiger partial charge >= 0.3 is 6.09 Å². The molecule has 1 aromatic heterocycles. The second kappa shape index (κ2) is 6.84. The van der Waals surface area contributed by atoms with Gasteiger partial charge < -0.3 is 19.5 Å². The molecule has 2 bridgehead atoms. The van der Waals surface area contributed by atoms with Gasteiger partial charge in [-0.1, -0.05) is 5.16 Å². The number of fused-ring (bicyclic) bond motifs is 2. The molecular weight excluding hydrogens is 346 g/mol. The van der Waals surface area contributed by atoms with Crippen molar-refractivity contribution in [3.05, 3.63) is 17.5 Å². The number of hydrogen-bond acceptors (Lipinski definition) is 5. The summed E-state index contributed by atoms with van der Waals surface area (Å²) in [6.07, 6.45) is 6.42. The van der Waals surface area contributed by atoms with Crippen molar-refractivity contribution in [2.75, 3.05) is 0 Å². The van der Waals surface area contributed by atoms with E-state index in [9.17, 15) is 9.59 Å². The summed E-state index contributed by atoms with van der Waals surface area (Å²) in [5.41, 5.74) is -0.0876. The fourth-order valence-corrected chi connectivity index (χ4v) is 4.39. The number of carbonyl (C=O) groups excluding carboxylic acids is 2. The Labute approximate surface area is 159 Å². The molecule has 2 aliphatic heterocycles. The number of aromatic nitrogens is 1. The summed E-state index contributed by atoms with van der Waals surface area (Å²) < 4.78 is 10.8. The molecule has 3 heterocycles. The number of rotatable bonds is 3. The molecule has 7 nitrogen and oxygen atoms in total. The zero-order chi connectivity index (χ0) is 19.2. The third kappa shape index (κ3) is 4.12. The van der Waals surface area contributed by atoms with Crippen LogP contribution >= 0.6 is 0 Å². The second-order valence-corrected chi connectivity index (χ2v) is 9.15. The molecule has 0 spiro atoms. The number of nitrogens with zero attached hydrogens (tertiary/aromatic N) is 2. The minimum atomic E-state index is -0.511. The second-order valence-electron chi connectivity index (χ2n) is 9.15. The van der Waals surface area contributed by atoms with Crippen molar-refractivity contribution >= 4 is 12.0 Å². The molecule has 1 aliphatic carbocycles. The average molecular weight is 375 g/mol. The van der Waals surface area contributed by atoms with Crippen LogP contribution in [-0.4, -0.2) is 45.8 Å². The average Bonchev–Trinajstić information content (AvgIpc) is 3.29. The molecule has 7 heteroatoms. The predicted octanol–water partition coefficient (Wildman–Crippen LogP) is 3.60. The van der Waals surface area contributed by atoms with Gasteiger partial charge in [0.2, 0.25) is 0 Å². The molecule has 3 fully saturated rings. The molecule has 2 saturated heterocycles. The number of ether oxygens (including phenoxy) is 1. The van der Waals surface area contributed by atoms with Crippen molar-refractivity contribution in [2.45, 2.75) is 95.4 Å². The summed E-state index contributed by atoms with van der Waals surface area (Å²) >= 11 is 0. The fourth-order valence-electron chi connectivity index (χ4n) is 4.39. The maximum absolute atomic E-state index is 13.1. The SMILES string of the molecule is CC(C)(C)OC(=O)NC1C[C@H]2CCC[C@@H](C1)N2C(=O)c1cc(C2CC2)on1. The largest absolute Gasteiger partial charge is 0.444 e. The lowest BCUT2D eigenvalue weighted by molar-refractivity contribution is 0.0151. The first-order chi connectivity index (χ1) is 12.8. The van der Waals surface area contributed by atoms with E-state index in [1.54, 1.807) is 0 Å². The summed E-state index contributed by atoms with van der Waals surface area (Å²) in [5, 5.41) is 7.03. The van der Waals surface area contributed by atoms with Crippen molar-refractivity contribution in [3.8, 4) is 0 Å². The Morgan fingerprint density at radius 3 is 2.44 bits per heavy atom. The molecule has 1 unspecified atom stereocenters. The zero-order valence-corrected chi connectivity index (χ0v) is 16.4. The lowest BCUT2D eigenvalue weighted by Crippen LogP contribution is -2.59. The molecule has 1 N–H and O–H groups in total. The third-order valence-electron chi connectivity index (χ3n) is 5.66. The van der Waals surface area contributed by atoms with Crippen molar-refractivity contribution in [3.63, 3.8) is 0 Å². The molecule has 1 aromatic rings. The molecule has 3 aliphatic rings. The van der Waals surface area contributed by atoms with Crippen LogP contribution in [0.4, 0.5) is 4.79 Å². The van der Waals surface area contributed by atoms with E-state index < -0.39 is 5.60 Å². The third-order valence-corrected chi connectivity index (χ3v) is 5.66. The Morgan fingerprint density at radius 2 is 1.85 bits per heavy atom. The van der Waals surface area contributed by atoms with Crippen LogP contribution in [0.15, 0.2) is 10.6 Å². The Morgan fingerprint density at radius 1 is 1.19 bits per heavy atom. The predicted molar refractivity (Wildman–Crippen MR) is 98.5 cm³/mol. The smallest absolute Gasteiger partial charge is 0.407 e. The lowest BCUT2D eigenvalue weighted by Gasteiger charge is -2.48. The van der Waals surface area contributed by atoms with Crippen molar-refractivity contribution in [1.82, 2.24) is 15.4 Å². The highest BCUT2D eigenvalue weighted by Gasteiger charge is 2.43. The van der Waals surface area contributed by atoms with Crippen LogP contribution in [0.1, 0.15) is 87.9 Å². The molecular formula is C20H29N3O4. The molecule has 0 aromatic carbocycles. The summed E-state index contributed by atoms with van der Waals surface area (Å²) in [6.45, 7) is 5.57. The molecule has 4 rings (SSSR count). The number of nitrogens with one attached hydrogen (secondary N) is 1. The van der Waals surface area contributed by atoms with Crippen molar-refractivity contribution in [1.29, 1.82) is 0 Å². The highest BCUT2D eigenvalue weighted by molar-refractivity contribution is 5.93. The Bertz CT molecular complexity index is 705. The molecule has 1 saturated carbocycles. The van der Waals surface area contributed by atoms with Crippen molar-refractivity contribution < 1.29 is 18.8 Å². The number of carbonyl (C=O) groups is 2. The van der Waals surface area contributed by atoms with Crippen LogP contribution in [-0.2, 0) is 4.74 Å². The van der Waals surface area contributed by atoms with Gasteiger partial charge in [0.15, 0.2) is 5.69 Å². The molecule has 27 heavy (non-hydrogen) atoms. The van der Waals surface area contributed by atoms with Gasteiger partial charge in [0.05, 0.1) is 0 Å².